The third-order valence-corrected chi connectivity index (χ3v) is 6.40. The van der Waals surface area contributed by atoms with Gasteiger partial charge in [-0.1, -0.05) is 42.0 Å². The molecule has 1 unspecified atom stereocenters. The third-order valence-electron chi connectivity index (χ3n) is 6.40. The molecule has 2 aromatic carbocycles. The second-order valence-electron chi connectivity index (χ2n) is 8.29. The van der Waals surface area contributed by atoms with Gasteiger partial charge in [-0.3, -0.25) is 14.3 Å². The number of nitrogens with zero attached hydrogens (tertiary/aromatic N) is 3. The first-order valence-electron chi connectivity index (χ1n) is 10.4. The first kappa shape index (κ1) is 19.5. The highest BCUT2D eigenvalue weighted by atomic mass is 19.1. The number of hydrogen-bond donors (Lipinski definition) is 1. The van der Waals surface area contributed by atoms with Crippen molar-refractivity contribution in [3.05, 3.63) is 93.2 Å². The van der Waals surface area contributed by atoms with Gasteiger partial charge in [-0.25, -0.2) is 4.39 Å². The minimum Gasteiger partial charge on any atom is -0.502 e. The van der Waals surface area contributed by atoms with Crippen LogP contribution in [0, 0.1) is 12.7 Å². The molecule has 0 spiro atoms. The standard InChI is InChI=1S/C24H22FN3O3/c1-14-4-2-5-16(12-14)20(15-7-9-17(25)10-8-15)21-18-6-3-11-27(18)24(31)22-23(30)19(29)13-26-28(21)22/h2,4-5,7-10,12-13,18,20-21,30H,3,6,11H2,1H3/t18-,20?,21-/m1/s1. The Morgan fingerprint density at radius 3 is 2.65 bits per heavy atom. The van der Waals surface area contributed by atoms with Gasteiger partial charge in [0.15, 0.2) is 11.4 Å². The number of aryl methyl sites for hydroxylation is 1. The van der Waals surface area contributed by atoms with E-state index in [1.807, 2.05) is 25.1 Å². The number of hydrogen-bond acceptors (Lipinski definition) is 4. The number of carbonyl (C=O) groups excluding carboxylic acids is 1. The second kappa shape index (κ2) is 7.34. The van der Waals surface area contributed by atoms with Crippen LogP contribution in [-0.2, 0) is 0 Å². The van der Waals surface area contributed by atoms with E-state index in [0.717, 1.165) is 35.7 Å². The zero-order valence-corrected chi connectivity index (χ0v) is 17.0. The summed E-state index contributed by atoms with van der Waals surface area (Å²) in [6.45, 7) is 2.57. The van der Waals surface area contributed by atoms with Crippen LogP contribution in [0.4, 0.5) is 4.39 Å². The number of rotatable bonds is 3. The van der Waals surface area contributed by atoms with Crippen molar-refractivity contribution in [1.82, 2.24) is 14.7 Å². The summed E-state index contributed by atoms with van der Waals surface area (Å²) >= 11 is 0. The lowest BCUT2D eigenvalue weighted by molar-refractivity contribution is 0.0565. The van der Waals surface area contributed by atoms with Crippen molar-refractivity contribution < 1.29 is 14.3 Å². The van der Waals surface area contributed by atoms with Crippen molar-refractivity contribution in [1.29, 1.82) is 0 Å². The Labute approximate surface area is 178 Å². The van der Waals surface area contributed by atoms with Gasteiger partial charge in [0.25, 0.3) is 5.91 Å². The summed E-state index contributed by atoms with van der Waals surface area (Å²) in [5.41, 5.74) is 2.21. The number of benzene rings is 2. The largest absolute Gasteiger partial charge is 0.502 e. The van der Waals surface area contributed by atoms with Crippen molar-refractivity contribution in [3.63, 3.8) is 0 Å². The molecular formula is C24H22FN3O3. The normalized spacial score (nSPS) is 21.0. The highest BCUT2D eigenvalue weighted by molar-refractivity contribution is 5.96. The summed E-state index contributed by atoms with van der Waals surface area (Å²) in [5.74, 6) is -1.53. The van der Waals surface area contributed by atoms with E-state index in [9.17, 15) is 19.1 Å². The molecule has 1 aromatic heterocycles. The van der Waals surface area contributed by atoms with Crippen molar-refractivity contribution in [3.8, 4) is 5.75 Å². The van der Waals surface area contributed by atoms with E-state index >= 15 is 0 Å². The summed E-state index contributed by atoms with van der Waals surface area (Å²) in [4.78, 5) is 27.0. The van der Waals surface area contributed by atoms with Gasteiger partial charge in [0.1, 0.15) is 5.82 Å². The van der Waals surface area contributed by atoms with Gasteiger partial charge in [0, 0.05) is 12.5 Å². The number of halogens is 1. The Morgan fingerprint density at radius 2 is 1.90 bits per heavy atom. The lowest BCUT2D eigenvalue weighted by Gasteiger charge is -2.42. The predicted octanol–water partition coefficient (Wildman–Crippen LogP) is 3.39. The topological polar surface area (TPSA) is 75.4 Å². The molecule has 6 nitrogen and oxygen atoms in total. The molecule has 0 radical (unpaired) electrons. The first-order chi connectivity index (χ1) is 15.0. The van der Waals surface area contributed by atoms with Crippen molar-refractivity contribution in [2.24, 2.45) is 0 Å². The molecule has 158 valence electrons. The van der Waals surface area contributed by atoms with E-state index in [2.05, 4.69) is 11.2 Å². The summed E-state index contributed by atoms with van der Waals surface area (Å²) in [5, 5.41) is 14.8. The molecule has 0 aliphatic carbocycles. The molecular weight excluding hydrogens is 397 g/mol. The number of carbonyl (C=O) groups is 1. The highest BCUT2D eigenvalue weighted by Gasteiger charge is 2.48. The maximum Gasteiger partial charge on any atom is 0.276 e. The van der Waals surface area contributed by atoms with Gasteiger partial charge in [-0.15, -0.1) is 0 Å². The third kappa shape index (κ3) is 3.12. The Morgan fingerprint density at radius 1 is 1.13 bits per heavy atom. The lowest BCUT2D eigenvalue weighted by atomic mass is 9.79. The fourth-order valence-corrected chi connectivity index (χ4v) is 5.07. The van der Waals surface area contributed by atoms with E-state index in [1.54, 1.807) is 17.0 Å². The van der Waals surface area contributed by atoms with Crippen LogP contribution in [0.5, 0.6) is 5.75 Å². The van der Waals surface area contributed by atoms with E-state index in [1.165, 1.54) is 16.8 Å². The molecule has 7 heteroatoms. The molecule has 1 N–H and O–H groups in total. The Balaban J connectivity index is 1.78. The summed E-state index contributed by atoms with van der Waals surface area (Å²) in [7, 11) is 0. The Kier molecular flexibility index (Phi) is 4.61. The van der Waals surface area contributed by atoms with Crippen LogP contribution in [0.25, 0.3) is 0 Å². The number of aromatic nitrogens is 2. The van der Waals surface area contributed by atoms with Crippen LogP contribution in [0.15, 0.2) is 59.5 Å². The smallest absolute Gasteiger partial charge is 0.276 e. The molecule has 2 aliphatic rings. The average molecular weight is 419 g/mol. The molecule has 3 atom stereocenters. The van der Waals surface area contributed by atoms with E-state index in [-0.39, 0.29) is 35.4 Å². The minimum absolute atomic E-state index is 0.0737. The van der Waals surface area contributed by atoms with Gasteiger partial charge in [-0.2, -0.15) is 5.10 Å². The fraction of sp³-hybridized carbons (Fsp3) is 0.292. The van der Waals surface area contributed by atoms with Gasteiger partial charge in [0.2, 0.25) is 5.43 Å². The predicted molar refractivity (Wildman–Crippen MR) is 113 cm³/mol. The van der Waals surface area contributed by atoms with Crippen molar-refractivity contribution in [2.45, 2.75) is 37.8 Å². The summed E-state index contributed by atoms with van der Waals surface area (Å²) in [6, 6.07) is 13.9. The van der Waals surface area contributed by atoms with Crippen LogP contribution in [0.1, 0.15) is 52.0 Å². The summed E-state index contributed by atoms with van der Waals surface area (Å²) < 4.78 is 15.2. The van der Waals surface area contributed by atoms with Crippen molar-refractivity contribution >= 4 is 5.91 Å². The molecule has 5 rings (SSSR count). The maximum atomic E-state index is 13.7. The molecule has 3 heterocycles. The van der Waals surface area contributed by atoms with E-state index in [4.69, 9.17) is 0 Å². The Hall–Kier alpha value is -3.48. The van der Waals surface area contributed by atoms with Crippen LogP contribution in [0.2, 0.25) is 0 Å². The van der Waals surface area contributed by atoms with Gasteiger partial charge >= 0.3 is 0 Å². The second-order valence-corrected chi connectivity index (χ2v) is 8.29. The van der Waals surface area contributed by atoms with E-state index in [0.29, 0.717) is 6.54 Å². The Bertz CT molecular complexity index is 1220. The van der Waals surface area contributed by atoms with Crippen LogP contribution >= 0.6 is 0 Å². The zero-order valence-electron chi connectivity index (χ0n) is 17.0. The highest BCUT2D eigenvalue weighted by Crippen LogP contribution is 2.45. The van der Waals surface area contributed by atoms with Gasteiger partial charge in [-0.05, 0) is 43.0 Å². The number of aromatic hydroxyl groups is 1. The molecule has 2 aliphatic heterocycles. The van der Waals surface area contributed by atoms with Crippen LogP contribution in [0.3, 0.4) is 0 Å². The number of amides is 1. The van der Waals surface area contributed by atoms with Gasteiger partial charge < -0.3 is 10.0 Å². The van der Waals surface area contributed by atoms with Gasteiger partial charge in [0.05, 0.1) is 18.3 Å². The fourth-order valence-electron chi connectivity index (χ4n) is 5.07. The maximum absolute atomic E-state index is 13.7. The monoisotopic (exact) mass is 419 g/mol. The minimum atomic E-state index is -0.676. The SMILES string of the molecule is Cc1cccc(C(c2ccc(F)cc2)[C@H]2[C@H]3CCCN3C(=O)c3c(O)c(=O)cnn32)c1. The molecule has 3 aromatic rings. The average Bonchev–Trinajstić information content (AvgIpc) is 3.24. The molecule has 1 fully saturated rings. The van der Waals surface area contributed by atoms with Crippen LogP contribution < -0.4 is 5.43 Å². The molecule has 31 heavy (non-hydrogen) atoms. The summed E-state index contributed by atoms with van der Waals surface area (Å²) in [6.07, 6.45) is 2.67. The van der Waals surface area contributed by atoms with Crippen LogP contribution in [-0.4, -0.2) is 38.3 Å². The molecule has 0 bridgehead atoms. The molecule has 1 saturated heterocycles. The number of fused-ring (bicyclic) bond motifs is 2. The first-order valence-corrected chi connectivity index (χ1v) is 10.4. The quantitative estimate of drug-likeness (QED) is 0.706. The van der Waals surface area contributed by atoms with Crippen molar-refractivity contribution in [2.75, 3.05) is 6.54 Å². The van der Waals surface area contributed by atoms with E-state index < -0.39 is 11.2 Å². The molecule has 1 amide bonds. The zero-order chi connectivity index (χ0) is 21.7. The lowest BCUT2D eigenvalue weighted by Crippen LogP contribution is -2.50. The molecule has 0 saturated carbocycles.